The SMILES string of the molecule is Cc1cccc(NC(=O)N2CCN(c3nc4cccnc4n(C)c3=O)CC2)c1C. The van der Waals surface area contributed by atoms with Crippen LogP contribution in [-0.2, 0) is 7.05 Å². The molecule has 0 saturated carbocycles. The quantitative estimate of drug-likeness (QED) is 0.724. The van der Waals surface area contributed by atoms with Gasteiger partial charge in [0.05, 0.1) is 0 Å². The fraction of sp³-hybridized carbons (Fsp3) is 0.333. The topological polar surface area (TPSA) is 83.4 Å². The molecule has 1 saturated heterocycles. The Kier molecular flexibility index (Phi) is 4.92. The molecule has 1 fully saturated rings. The third-order valence-electron chi connectivity index (χ3n) is 5.52. The number of piperazine rings is 1. The number of carbonyl (C=O) groups excluding carboxylic acids is 1. The molecule has 3 aromatic rings. The number of aromatic nitrogens is 3. The number of amides is 2. The molecule has 0 atom stereocenters. The van der Waals surface area contributed by atoms with Crippen molar-refractivity contribution in [2.24, 2.45) is 7.05 Å². The minimum absolute atomic E-state index is 0.123. The lowest BCUT2D eigenvalue weighted by Gasteiger charge is -2.35. The van der Waals surface area contributed by atoms with Crippen LogP contribution >= 0.6 is 0 Å². The molecular weight excluding hydrogens is 368 g/mol. The van der Waals surface area contributed by atoms with Gasteiger partial charge < -0.3 is 15.1 Å². The van der Waals surface area contributed by atoms with Crippen molar-refractivity contribution < 1.29 is 4.79 Å². The molecule has 1 aromatic carbocycles. The molecule has 2 aromatic heterocycles. The van der Waals surface area contributed by atoms with Gasteiger partial charge in [0.1, 0.15) is 5.52 Å². The Bertz CT molecular complexity index is 1130. The van der Waals surface area contributed by atoms with Crippen LogP contribution in [0.1, 0.15) is 11.1 Å². The fourth-order valence-electron chi connectivity index (χ4n) is 3.55. The number of anilines is 2. The molecule has 150 valence electrons. The third kappa shape index (κ3) is 3.53. The van der Waals surface area contributed by atoms with E-state index < -0.39 is 0 Å². The Labute approximate surface area is 168 Å². The van der Waals surface area contributed by atoms with E-state index in [-0.39, 0.29) is 11.6 Å². The van der Waals surface area contributed by atoms with E-state index in [0.717, 1.165) is 16.8 Å². The van der Waals surface area contributed by atoms with Crippen LogP contribution < -0.4 is 15.8 Å². The summed E-state index contributed by atoms with van der Waals surface area (Å²) in [6.07, 6.45) is 1.65. The van der Waals surface area contributed by atoms with E-state index in [1.54, 1.807) is 24.2 Å². The molecule has 0 unspecified atom stereocenters. The minimum atomic E-state index is -0.176. The molecule has 1 N–H and O–H groups in total. The van der Waals surface area contributed by atoms with Crippen LogP contribution in [0.4, 0.5) is 16.3 Å². The molecule has 4 rings (SSSR count). The van der Waals surface area contributed by atoms with Crippen molar-refractivity contribution in [2.75, 3.05) is 36.4 Å². The maximum absolute atomic E-state index is 12.7. The number of nitrogens with one attached hydrogen (secondary N) is 1. The summed E-state index contributed by atoms with van der Waals surface area (Å²) in [5.74, 6) is 0.405. The van der Waals surface area contributed by atoms with Crippen molar-refractivity contribution in [1.82, 2.24) is 19.4 Å². The van der Waals surface area contributed by atoms with E-state index in [4.69, 9.17) is 0 Å². The van der Waals surface area contributed by atoms with Gasteiger partial charge in [0.15, 0.2) is 11.5 Å². The number of hydrogen-bond acceptors (Lipinski definition) is 5. The smallest absolute Gasteiger partial charge is 0.321 e. The number of benzene rings is 1. The number of rotatable bonds is 2. The number of carbonyl (C=O) groups is 1. The summed E-state index contributed by atoms with van der Waals surface area (Å²) in [5, 5.41) is 3.00. The third-order valence-corrected chi connectivity index (χ3v) is 5.52. The second kappa shape index (κ2) is 7.54. The largest absolute Gasteiger partial charge is 0.348 e. The highest BCUT2D eigenvalue weighted by molar-refractivity contribution is 5.90. The summed E-state index contributed by atoms with van der Waals surface area (Å²) in [6.45, 7) is 6.16. The molecule has 0 aliphatic carbocycles. The lowest BCUT2D eigenvalue weighted by Crippen LogP contribution is -2.51. The van der Waals surface area contributed by atoms with E-state index >= 15 is 0 Å². The highest BCUT2D eigenvalue weighted by Gasteiger charge is 2.25. The summed E-state index contributed by atoms with van der Waals surface area (Å²) in [6, 6.07) is 9.40. The number of nitrogens with zero attached hydrogens (tertiary/aromatic N) is 5. The van der Waals surface area contributed by atoms with E-state index in [0.29, 0.717) is 43.2 Å². The van der Waals surface area contributed by atoms with Crippen LogP contribution in [0.15, 0.2) is 41.3 Å². The second-order valence-corrected chi connectivity index (χ2v) is 7.30. The standard InChI is InChI=1S/C21H24N6O2/c1-14-6-4-7-16(15(14)2)24-21(29)27-12-10-26(11-13-27)19-20(28)25(3)18-17(23-19)8-5-9-22-18/h4-9H,10-13H2,1-3H3,(H,24,29). The monoisotopic (exact) mass is 392 g/mol. The minimum Gasteiger partial charge on any atom is -0.348 e. The van der Waals surface area contributed by atoms with Crippen LogP contribution in [-0.4, -0.2) is 51.6 Å². The van der Waals surface area contributed by atoms with Crippen LogP contribution in [0.25, 0.3) is 11.2 Å². The lowest BCUT2D eigenvalue weighted by atomic mass is 10.1. The van der Waals surface area contributed by atoms with Crippen molar-refractivity contribution in [2.45, 2.75) is 13.8 Å². The Hall–Kier alpha value is -3.42. The molecule has 29 heavy (non-hydrogen) atoms. The van der Waals surface area contributed by atoms with Gasteiger partial charge in [-0.3, -0.25) is 9.36 Å². The van der Waals surface area contributed by atoms with Gasteiger partial charge in [-0.1, -0.05) is 12.1 Å². The van der Waals surface area contributed by atoms with Gasteiger partial charge in [0.2, 0.25) is 0 Å². The summed E-state index contributed by atoms with van der Waals surface area (Å²) in [4.78, 5) is 37.9. The average molecular weight is 392 g/mol. The predicted octanol–water partition coefficient (Wildman–Crippen LogP) is 2.30. The molecule has 8 nitrogen and oxygen atoms in total. The van der Waals surface area contributed by atoms with Crippen molar-refractivity contribution in [3.63, 3.8) is 0 Å². The van der Waals surface area contributed by atoms with Crippen molar-refractivity contribution in [3.8, 4) is 0 Å². The molecule has 0 bridgehead atoms. The zero-order chi connectivity index (χ0) is 20.5. The summed E-state index contributed by atoms with van der Waals surface area (Å²) < 4.78 is 1.53. The van der Waals surface area contributed by atoms with Gasteiger partial charge in [-0.15, -0.1) is 0 Å². The Balaban J connectivity index is 1.48. The Morgan fingerprint density at radius 1 is 1.07 bits per heavy atom. The molecule has 3 heterocycles. The van der Waals surface area contributed by atoms with Gasteiger partial charge >= 0.3 is 6.03 Å². The zero-order valence-electron chi connectivity index (χ0n) is 16.8. The molecule has 1 aliphatic rings. The van der Waals surface area contributed by atoms with Crippen LogP contribution in [0.3, 0.4) is 0 Å². The number of fused-ring (bicyclic) bond motifs is 1. The van der Waals surface area contributed by atoms with Crippen molar-refractivity contribution >= 4 is 28.7 Å². The van der Waals surface area contributed by atoms with Gasteiger partial charge in [-0.05, 0) is 43.2 Å². The molecule has 0 radical (unpaired) electrons. The van der Waals surface area contributed by atoms with Gasteiger partial charge in [0.25, 0.3) is 5.56 Å². The van der Waals surface area contributed by atoms with Gasteiger partial charge in [-0.25, -0.2) is 14.8 Å². The predicted molar refractivity (Wildman–Crippen MR) is 113 cm³/mol. The first-order valence-electron chi connectivity index (χ1n) is 9.64. The van der Waals surface area contributed by atoms with E-state index in [1.807, 2.05) is 43.0 Å². The Morgan fingerprint density at radius 2 is 1.83 bits per heavy atom. The van der Waals surface area contributed by atoms with E-state index in [1.165, 1.54) is 4.57 Å². The highest BCUT2D eigenvalue weighted by atomic mass is 16.2. The normalized spacial score (nSPS) is 14.3. The summed E-state index contributed by atoms with van der Waals surface area (Å²) in [5.41, 5.74) is 4.10. The summed E-state index contributed by atoms with van der Waals surface area (Å²) in [7, 11) is 1.71. The maximum atomic E-state index is 12.7. The van der Waals surface area contributed by atoms with Crippen LogP contribution in [0, 0.1) is 13.8 Å². The van der Waals surface area contributed by atoms with E-state index in [9.17, 15) is 9.59 Å². The summed E-state index contributed by atoms with van der Waals surface area (Å²) >= 11 is 0. The van der Waals surface area contributed by atoms with Crippen molar-refractivity contribution in [1.29, 1.82) is 0 Å². The van der Waals surface area contributed by atoms with Gasteiger partial charge in [-0.2, -0.15) is 0 Å². The zero-order valence-corrected chi connectivity index (χ0v) is 16.8. The first kappa shape index (κ1) is 18.9. The van der Waals surface area contributed by atoms with E-state index in [2.05, 4.69) is 15.3 Å². The van der Waals surface area contributed by atoms with Crippen LogP contribution in [0.2, 0.25) is 0 Å². The number of urea groups is 1. The van der Waals surface area contributed by atoms with Crippen molar-refractivity contribution in [3.05, 3.63) is 58.0 Å². The molecule has 0 spiro atoms. The highest BCUT2D eigenvalue weighted by Crippen LogP contribution is 2.19. The number of aryl methyl sites for hydroxylation is 2. The molecule has 8 heteroatoms. The maximum Gasteiger partial charge on any atom is 0.321 e. The number of pyridine rings is 1. The molecular formula is C21H24N6O2. The second-order valence-electron chi connectivity index (χ2n) is 7.30. The molecule has 2 amide bonds. The Morgan fingerprint density at radius 3 is 2.59 bits per heavy atom. The first-order chi connectivity index (χ1) is 14.0. The average Bonchev–Trinajstić information content (AvgIpc) is 2.74. The lowest BCUT2D eigenvalue weighted by molar-refractivity contribution is 0.208. The molecule has 1 aliphatic heterocycles. The number of hydrogen-bond donors (Lipinski definition) is 1. The first-order valence-corrected chi connectivity index (χ1v) is 9.64. The van der Waals surface area contributed by atoms with Crippen LogP contribution in [0.5, 0.6) is 0 Å². The fourth-order valence-corrected chi connectivity index (χ4v) is 3.55. The van der Waals surface area contributed by atoms with Gasteiger partial charge in [0, 0.05) is 45.1 Å².